The van der Waals surface area contributed by atoms with Gasteiger partial charge in [-0.2, -0.15) is 11.8 Å². The summed E-state index contributed by atoms with van der Waals surface area (Å²) in [6, 6.07) is 13.0. The maximum absolute atomic E-state index is 13.0. The fraction of sp³-hybridized carbons (Fsp3) is 0.174. The van der Waals surface area contributed by atoms with Gasteiger partial charge >= 0.3 is 5.97 Å². The van der Waals surface area contributed by atoms with Crippen LogP contribution in [0.25, 0.3) is 11.1 Å². The Bertz CT molecular complexity index is 1090. The van der Waals surface area contributed by atoms with Crippen LogP contribution in [0.2, 0.25) is 0 Å². The highest BCUT2D eigenvalue weighted by molar-refractivity contribution is 7.98. The molecule has 32 heavy (non-hydrogen) atoms. The van der Waals surface area contributed by atoms with Gasteiger partial charge in [0.25, 0.3) is 11.8 Å². The molecule has 3 rings (SSSR count). The van der Waals surface area contributed by atoms with E-state index in [1.165, 1.54) is 30.4 Å². The predicted octanol–water partition coefficient (Wildman–Crippen LogP) is 3.33. The van der Waals surface area contributed by atoms with E-state index in [0.717, 1.165) is 5.56 Å². The number of benzene rings is 2. The van der Waals surface area contributed by atoms with Gasteiger partial charge in [-0.15, -0.1) is 0 Å². The Morgan fingerprint density at radius 3 is 2.50 bits per heavy atom. The number of amides is 2. The highest BCUT2D eigenvalue weighted by Crippen LogP contribution is 2.27. The number of anilines is 1. The van der Waals surface area contributed by atoms with E-state index in [4.69, 9.17) is 0 Å². The van der Waals surface area contributed by atoms with E-state index < -0.39 is 23.8 Å². The molecular weight excluding hydrogens is 428 g/mol. The van der Waals surface area contributed by atoms with Crippen molar-refractivity contribution in [3.8, 4) is 11.1 Å². The van der Waals surface area contributed by atoms with Crippen LogP contribution in [0.1, 0.15) is 27.3 Å². The number of carboxylic acid groups (broad SMARTS) is 1. The molecule has 0 aliphatic carbocycles. The summed E-state index contributed by atoms with van der Waals surface area (Å²) in [4.78, 5) is 44.8. The second-order valence-corrected chi connectivity index (χ2v) is 7.80. The van der Waals surface area contributed by atoms with Gasteiger partial charge < -0.3 is 15.7 Å². The largest absolute Gasteiger partial charge is 0.480 e. The highest BCUT2D eigenvalue weighted by atomic mass is 32.2. The standard InChI is InChI=1S/C23H22N4O4S/c1-32-12-9-19(23(30)31)27-21(28)17-8-7-16(13-18(17)15-5-3-2-4-6-15)26-22(29)20-14-24-10-11-25-20/h2-8,10-11,13-14,19H,9,12H2,1H3,(H,26,29)(H,27,28)(H,30,31)/t19-/m0/s1. The number of hydrogen-bond acceptors (Lipinski definition) is 6. The summed E-state index contributed by atoms with van der Waals surface area (Å²) in [7, 11) is 0. The topological polar surface area (TPSA) is 121 Å². The van der Waals surface area contributed by atoms with Gasteiger partial charge in [-0.05, 0) is 47.8 Å². The maximum Gasteiger partial charge on any atom is 0.326 e. The molecule has 3 aromatic rings. The van der Waals surface area contributed by atoms with E-state index in [-0.39, 0.29) is 5.69 Å². The normalized spacial score (nSPS) is 11.4. The van der Waals surface area contributed by atoms with E-state index in [0.29, 0.717) is 29.0 Å². The Kier molecular flexibility index (Phi) is 7.93. The van der Waals surface area contributed by atoms with Crippen LogP contribution in [-0.2, 0) is 4.79 Å². The minimum Gasteiger partial charge on any atom is -0.480 e. The van der Waals surface area contributed by atoms with Crippen molar-refractivity contribution in [2.24, 2.45) is 0 Å². The fourth-order valence-corrected chi connectivity index (χ4v) is 3.49. The average Bonchev–Trinajstić information content (AvgIpc) is 2.82. The molecule has 9 heteroatoms. The number of carbonyl (C=O) groups excluding carboxylic acids is 2. The third-order valence-corrected chi connectivity index (χ3v) is 5.26. The summed E-state index contributed by atoms with van der Waals surface area (Å²) < 4.78 is 0. The SMILES string of the molecule is CSCC[C@H](NC(=O)c1ccc(NC(=O)c2cnccn2)cc1-c1ccccc1)C(=O)O. The smallest absolute Gasteiger partial charge is 0.326 e. The van der Waals surface area contributed by atoms with Crippen molar-refractivity contribution in [3.05, 3.63) is 78.4 Å². The molecule has 1 heterocycles. The van der Waals surface area contributed by atoms with Gasteiger partial charge in [-0.25, -0.2) is 9.78 Å². The summed E-state index contributed by atoms with van der Waals surface area (Å²) in [5.74, 6) is -1.40. The quantitative estimate of drug-likeness (QED) is 0.457. The number of hydrogen-bond donors (Lipinski definition) is 3. The molecule has 2 aromatic carbocycles. The predicted molar refractivity (Wildman–Crippen MR) is 124 cm³/mol. The Balaban J connectivity index is 1.91. The number of nitrogens with zero attached hydrogens (tertiary/aromatic N) is 2. The van der Waals surface area contributed by atoms with E-state index in [1.54, 1.807) is 18.2 Å². The number of rotatable bonds is 9. The lowest BCUT2D eigenvalue weighted by atomic mass is 9.98. The molecule has 1 aromatic heterocycles. The van der Waals surface area contributed by atoms with Gasteiger partial charge in [0.15, 0.2) is 0 Å². The molecule has 3 N–H and O–H groups in total. The first-order valence-corrected chi connectivity index (χ1v) is 11.2. The van der Waals surface area contributed by atoms with Crippen molar-refractivity contribution >= 4 is 35.2 Å². The monoisotopic (exact) mass is 450 g/mol. The molecule has 0 aliphatic heterocycles. The molecule has 0 unspecified atom stereocenters. The Labute approximate surface area is 189 Å². The average molecular weight is 451 g/mol. The number of carboxylic acids is 1. The molecule has 0 spiro atoms. The van der Waals surface area contributed by atoms with Crippen molar-refractivity contribution in [2.75, 3.05) is 17.3 Å². The van der Waals surface area contributed by atoms with E-state index in [1.807, 2.05) is 36.6 Å². The summed E-state index contributed by atoms with van der Waals surface area (Å²) in [5, 5.41) is 14.8. The zero-order valence-electron chi connectivity index (χ0n) is 17.3. The van der Waals surface area contributed by atoms with E-state index in [2.05, 4.69) is 20.6 Å². The molecule has 0 aliphatic rings. The third kappa shape index (κ3) is 5.92. The number of thioether (sulfide) groups is 1. The lowest BCUT2D eigenvalue weighted by Crippen LogP contribution is -2.41. The van der Waals surface area contributed by atoms with Crippen LogP contribution in [0.3, 0.4) is 0 Å². The van der Waals surface area contributed by atoms with Crippen molar-refractivity contribution in [2.45, 2.75) is 12.5 Å². The van der Waals surface area contributed by atoms with Gasteiger partial charge in [-0.3, -0.25) is 14.6 Å². The zero-order chi connectivity index (χ0) is 22.9. The van der Waals surface area contributed by atoms with E-state index >= 15 is 0 Å². The van der Waals surface area contributed by atoms with Gasteiger partial charge in [0.2, 0.25) is 0 Å². The lowest BCUT2D eigenvalue weighted by molar-refractivity contribution is -0.139. The van der Waals surface area contributed by atoms with Crippen LogP contribution in [0.4, 0.5) is 5.69 Å². The van der Waals surface area contributed by atoms with Crippen LogP contribution in [0.5, 0.6) is 0 Å². The molecule has 0 saturated carbocycles. The first kappa shape index (κ1) is 23.0. The first-order chi connectivity index (χ1) is 15.5. The lowest BCUT2D eigenvalue weighted by Gasteiger charge is -2.17. The fourth-order valence-electron chi connectivity index (χ4n) is 3.02. The second kappa shape index (κ2) is 11.1. The Morgan fingerprint density at radius 2 is 1.84 bits per heavy atom. The number of aliphatic carboxylic acids is 1. The van der Waals surface area contributed by atoms with Crippen molar-refractivity contribution in [1.29, 1.82) is 0 Å². The maximum atomic E-state index is 13.0. The molecule has 0 bridgehead atoms. The van der Waals surface area contributed by atoms with Crippen LogP contribution >= 0.6 is 11.8 Å². The summed E-state index contributed by atoms with van der Waals surface area (Å²) in [5.41, 5.74) is 2.25. The number of nitrogens with one attached hydrogen (secondary N) is 2. The molecule has 2 amide bonds. The minimum atomic E-state index is -1.08. The van der Waals surface area contributed by atoms with Gasteiger partial charge in [0.05, 0.1) is 6.20 Å². The summed E-state index contributed by atoms with van der Waals surface area (Å²) in [6.45, 7) is 0. The molecule has 1 atom stereocenters. The van der Waals surface area contributed by atoms with E-state index in [9.17, 15) is 19.5 Å². The summed E-state index contributed by atoms with van der Waals surface area (Å²) in [6.07, 6.45) is 6.45. The third-order valence-electron chi connectivity index (χ3n) is 4.62. The first-order valence-electron chi connectivity index (χ1n) is 9.79. The number of carbonyl (C=O) groups is 3. The highest BCUT2D eigenvalue weighted by Gasteiger charge is 2.22. The van der Waals surface area contributed by atoms with Gasteiger partial charge in [0.1, 0.15) is 11.7 Å². The van der Waals surface area contributed by atoms with Crippen LogP contribution in [0, 0.1) is 0 Å². The number of aromatic nitrogens is 2. The summed E-state index contributed by atoms with van der Waals surface area (Å²) >= 11 is 1.51. The van der Waals surface area contributed by atoms with Gasteiger partial charge in [-0.1, -0.05) is 30.3 Å². The minimum absolute atomic E-state index is 0.161. The Morgan fingerprint density at radius 1 is 1.06 bits per heavy atom. The Hall–Kier alpha value is -3.72. The molecule has 0 saturated heterocycles. The van der Waals surface area contributed by atoms with Crippen molar-refractivity contribution < 1.29 is 19.5 Å². The van der Waals surface area contributed by atoms with Crippen LogP contribution in [-0.4, -0.2) is 50.9 Å². The van der Waals surface area contributed by atoms with Crippen LogP contribution < -0.4 is 10.6 Å². The molecule has 164 valence electrons. The van der Waals surface area contributed by atoms with Crippen molar-refractivity contribution in [3.63, 3.8) is 0 Å². The van der Waals surface area contributed by atoms with Crippen molar-refractivity contribution in [1.82, 2.24) is 15.3 Å². The second-order valence-electron chi connectivity index (χ2n) is 6.82. The molecular formula is C23H22N4O4S. The molecule has 0 radical (unpaired) electrons. The van der Waals surface area contributed by atoms with Gasteiger partial charge in [0, 0.05) is 23.6 Å². The molecule has 8 nitrogen and oxygen atoms in total. The molecule has 0 fully saturated rings. The zero-order valence-corrected chi connectivity index (χ0v) is 18.1. The van der Waals surface area contributed by atoms with Crippen LogP contribution in [0.15, 0.2) is 67.1 Å².